The Hall–Kier alpha value is -2.75. The number of anilines is 1. The van der Waals surface area contributed by atoms with Crippen LogP contribution < -0.4 is 14.9 Å². The first-order valence-electron chi connectivity index (χ1n) is 7.88. The van der Waals surface area contributed by atoms with E-state index in [0.29, 0.717) is 28.3 Å². The lowest BCUT2D eigenvalue weighted by molar-refractivity contribution is 0.299. The van der Waals surface area contributed by atoms with E-state index in [0.717, 1.165) is 15.8 Å². The molecule has 0 bridgehead atoms. The Labute approximate surface area is 160 Å². The van der Waals surface area contributed by atoms with Gasteiger partial charge in [-0.3, -0.25) is 5.43 Å². The van der Waals surface area contributed by atoms with Crippen molar-refractivity contribution in [3.63, 3.8) is 0 Å². The maximum Gasteiger partial charge on any atom is 0.204 e. The molecule has 1 aromatic heterocycles. The minimum Gasteiger partial charge on any atom is -0.490 e. The van der Waals surface area contributed by atoms with Gasteiger partial charge in [-0.2, -0.15) is 5.10 Å². The number of rotatable bonds is 7. The zero-order valence-corrected chi connectivity index (χ0v) is 15.6. The molecule has 0 saturated carbocycles. The zero-order valence-electron chi connectivity index (χ0n) is 14.0. The summed E-state index contributed by atoms with van der Waals surface area (Å²) < 4.78 is 12.2. The summed E-state index contributed by atoms with van der Waals surface area (Å²) in [5, 5.41) is 5.35. The quantitative estimate of drug-likeness (QED) is 0.360. The van der Waals surface area contributed by atoms with Crippen LogP contribution in [0.2, 0.25) is 5.02 Å². The van der Waals surface area contributed by atoms with Crippen LogP contribution >= 0.6 is 22.9 Å². The topological polar surface area (TPSA) is 55.7 Å². The Balaban J connectivity index is 1.77. The SMILES string of the molecule is C#CCOc1c(Cl)cc(C=NNc2nc3ccccc3s2)cc1OCC. The molecule has 0 radical (unpaired) electrons. The highest BCUT2D eigenvalue weighted by Gasteiger charge is 2.12. The highest BCUT2D eigenvalue weighted by Crippen LogP contribution is 2.36. The van der Waals surface area contributed by atoms with E-state index in [4.69, 9.17) is 27.5 Å². The van der Waals surface area contributed by atoms with Crippen molar-refractivity contribution in [2.24, 2.45) is 5.10 Å². The summed E-state index contributed by atoms with van der Waals surface area (Å²) in [6.07, 6.45) is 6.88. The smallest absolute Gasteiger partial charge is 0.204 e. The molecule has 0 aliphatic carbocycles. The number of hydrazone groups is 1. The fourth-order valence-corrected chi connectivity index (χ4v) is 3.35. The number of para-hydroxylation sites is 1. The molecular weight excluding hydrogens is 370 g/mol. The van der Waals surface area contributed by atoms with Gasteiger partial charge in [0, 0.05) is 0 Å². The summed E-state index contributed by atoms with van der Waals surface area (Å²) in [5.41, 5.74) is 4.64. The van der Waals surface area contributed by atoms with Gasteiger partial charge in [0.1, 0.15) is 6.61 Å². The van der Waals surface area contributed by atoms with E-state index < -0.39 is 0 Å². The van der Waals surface area contributed by atoms with Gasteiger partial charge in [-0.05, 0) is 36.8 Å². The van der Waals surface area contributed by atoms with Gasteiger partial charge in [0.2, 0.25) is 5.13 Å². The molecule has 0 saturated heterocycles. The molecule has 0 spiro atoms. The van der Waals surface area contributed by atoms with Gasteiger partial charge < -0.3 is 9.47 Å². The first-order chi connectivity index (χ1) is 12.7. The molecule has 5 nitrogen and oxygen atoms in total. The Morgan fingerprint density at radius 2 is 2.19 bits per heavy atom. The number of fused-ring (bicyclic) bond motifs is 1. The number of hydrogen-bond donors (Lipinski definition) is 1. The van der Waals surface area contributed by atoms with Gasteiger partial charge in [0.25, 0.3) is 0 Å². The second kappa shape index (κ2) is 8.56. The maximum absolute atomic E-state index is 6.29. The van der Waals surface area contributed by atoms with Crippen molar-refractivity contribution in [2.45, 2.75) is 6.92 Å². The Bertz CT molecular complexity index is 946. The van der Waals surface area contributed by atoms with Crippen molar-refractivity contribution in [3.05, 3.63) is 47.0 Å². The highest BCUT2D eigenvalue weighted by atomic mass is 35.5. The van der Waals surface area contributed by atoms with Crippen molar-refractivity contribution in [1.29, 1.82) is 0 Å². The minimum atomic E-state index is 0.117. The number of aromatic nitrogens is 1. The molecule has 0 unspecified atom stereocenters. The number of halogens is 1. The van der Waals surface area contributed by atoms with E-state index in [1.54, 1.807) is 18.3 Å². The molecule has 132 valence electrons. The third-order valence-corrected chi connectivity index (χ3v) is 4.52. The van der Waals surface area contributed by atoms with E-state index >= 15 is 0 Å². The summed E-state index contributed by atoms with van der Waals surface area (Å²) >= 11 is 7.82. The Morgan fingerprint density at radius 3 is 2.96 bits per heavy atom. The molecule has 0 aliphatic rings. The second-order valence-electron chi connectivity index (χ2n) is 5.11. The van der Waals surface area contributed by atoms with Crippen molar-refractivity contribution in [2.75, 3.05) is 18.6 Å². The molecule has 0 fully saturated rings. The average Bonchev–Trinajstić information content (AvgIpc) is 3.04. The molecule has 1 N–H and O–H groups in total. The zero-order chi connectivity index (χ0) is 18.4. The number of terminal acetylenes is 1. The van der Waals surface area contributed by atoms with Crippen molar-refractivity contribution in [3.8, 4) is 23.8 Å². The van der Waals surface area contributed by atoms with Crippen LogP contribution in [0.25, 0.3) is 10.2 Å². The molecule has 0 aliphatic heterocycles. The van der Waals surface area contributed by atoms with Crippen LogP contribution in [-0.4, -0.2) is 24.4 Å². The summed E-state index contributed by atoms with van der Waals surface area (Å²) in [7, 11) is 0. The predicted molar refractivity (Wildman–Crippen MR) is 108 cm³/mol. The van der Waals surface area contributed by atoms with Crippen LogP contribution in [-0.2, 0) is 0 Å². The van der Waals surface area contributed by atoms with Gasteiger partial charge in [-0.25, -0.2) is 4.98 Å². The minimum absolute atomic E-state index is 0.117. The number of ether oxygens (including phenoxy) is 2. The van der Waals surface area contributed by atoms with Gasteiger partial charge in [-0.1, -0.05) is 41.0 Å². The summed E-state index contributed by atoms with van der Waals surface area (Å²) in [5.74, 6) is 3.37. The third-order valence-electron chi connectivity index (χ3n) is 3.30. The maximum atomic E-state index is 6.29. The first kappa shape index (κ1) is 18.1. The largest absolute Gasteiger partial charge is 0.490 e. The van der Waals surface area contributed by atoms with E-state index in [-0.39, 0.29) is 6.61 Å². The average molecular weight is 386 g/mol. The summed E-state index contributed by atoms with van der Waals surface area (Å²) in [4.78, 5) is 4.46. The number of nitrogens with zero attached hydrogens (tertiary/aromatic N) is 2. The fraction of sp³-hybridized carbons (Fsp3) is 0.158. The van der Waals surface area contributed by atoms with Gasteiger partial charge in [-0.15, -0.1) is 6.42 Å². The molecule has 3 rings (SSSR count). The lowest BCUT2D eigenvalue weighted by Gasteiger charge is -2.12. The molecule has 0 amide bonds. The van der Waals surface area contributed by atoms with Crippen LogP contribution in [0.4, 0.5) is 5.13 Å². The Morgan fingerprint density at radius 1 is 1.35 bits per heavy atom. The summed E-state index contributed by atoms with van der Waals surface area (Å²) in [6, 6.07) is 11.4. The van der Waals surface area contributed by atoms with Gasteiger partial charge in [0.05, 0.1) is 28.1 Å². The van der Waals surface area contributed by atoms with Crippen LogP contribution in [0.15, 0.2) is 41.5 Å². The number of thiazole rings is 1. The molecule has 26 heavy (non-hydrogen) atoms. The molecular formula is C19H16ClN3O2S. The summed E-state index contributed by atoms with van der Waals surface area (Å²) in [6.45, 7) is 2.48. The molecule has 3 aromatic rings. The number of benzene rings is 2. The van der Waals surface area contributed by atoms with Crippen LogP contribution in [0.1, 0.15) is 12.5 Å². The van der Waals surface area contributed by atoms with Crippen molar-refractivity contribution >= 4 is 44.5 Å². The van der Waals surface area contributed by atoms with Crippen molar-refractivity contribution < 1.29 is 9.47 Å². The van der Waals surface area contributed by atoms with E-state index in [2.05, 4.69) is 21.4 Å². The predicted octanol–water partition coefficient (Wildman–Crippen LogP) is 4.81. The van der Waals surface area contributed by atoms with Crippen LogP contribution in [0.5, 0.6) is 11.5 Å². The van der Waals surface area contributed by atoms with E-state index in [1.807, 2.05) is 31.2 Å². The van der Waals surface area contributed by atoms with E-state index in [9.17, 15) is 0 Å². The molecule has 2 aromatic carbocycles. The molecule has 1 heterocycles. The van der Waals surface area contributed by atoms with E-state index in [1.165, 1.54) is 11.3 Å². The van der Waals surface area contributed by atoms with Crippen LogP contribution in [0, 0.1) is 12.3 Å². The lowest BCUT2D eigenvalue weighted by Crippen LogP contribution is -2.01. The third kappa shape index (κ3) is 4.26. The second-order valence-corrected chi connectivity index (χ2v) is 6.55. The van der Waals surface area contributed by atoms with Crippen molar-refractivity contribution in [1.82, 2.24) is 4.98 Å². The molecule has 0 atom stereocenters. The van der Waals surface area contributed by atoms with Gasteiger partial charge >= 0.3 is 0 Å². The number of nitrogens with one attached hydrogen (secondary N) is 1. The normalized spacial score (nSPS) is 10.8. The standard InChI is InChI=1S/C19H16ClN3O2S/c1-3-9-25-18-14(20)10-13(11-16(18)24-4-2)12-21-23-19-22-15-7-5-6-8-17(15)26-19/h1,5-8,10-12H,4,9H2,2H3,(H,22,23). The van der Waals surface area contributed by atoms with Gasteiger partial charge in [0.15, 0.2) is 11.5 Å². The lowest BCUT2D eigenvalue weighted by atomic mass is 10.2. The highest BCUT2D eigenvalue weighted by molar-refractivity contribution is 7.22. The number of hydrogen-bond acceptors (Lipinski definition) is 6. The fourth-order valence-electron chi connectivity index (χ4n) is 2.26. The Kier molecular flexibility index (Phi) is 5.95. The molecule has 7 heteroatoms. The van der Waals surface area contributed by atoms with Crippen LogP contribution in [0.3, 0.4) is 0 Å². The first-order valence-corrected chi connectivity index (χ1v) is 9.08. The monoisotopic (exact) mass is 385 g/mol.